The predicted molar refractivity (Wildman–Crippen MR) is 236 cm³/mol. The van der Waals surface area contributed by atoms with Gasteiger partial charge >= 0.3 is 0 Å². The summed E-state index contributed by atoms with van der Waals surface area (Å²) >= 11 is 0. The minimum absolute atomic E-state index is 0.879. The maximum absolute atomic E-state index is 13.2. The van der Waals surface area contributed by atoms with Gasteiger partial charge in [-0.3, -0.25) is 0 Å². The van der Waals surface area contributed by atoms with Crippen molar-refractivity contribution in [3.8, 4) is 44.5 Å². The van der Waals surface area contributed by atoms with Gasteiger partial charge in [0.1, 0.15) is 14.3 Å². The molecule has 0 saturated carbocycles. The normalized spacial score (nSPS) is 12.2. The first-order valence-electron chi connectivity index (χ1n) is 18.4. The quantitative estimate of drug-likeness (QED) is 0.126. The summed E-state index contributed by atoms with van der Waals surface area (Å²) in [5, 5.41) is 11.2. The summed E-state index contributed by atoms with van der Waals surface area (Å²) in [6.45, 7) is 7.33. The molecule has 0 amide bonds. The largest absolute Gasteiger partial charge is 0.319 e. The molecule has 54 heavy (non-hydrogen) atoms. The number of hydrogen-bond acceptors (Lipinski definition) is 2. The molecule has 262 valence electrons. The molecule has 0 aliphatic heterocycles. The summed E-state index contributed by atoms with van der Waals surface area (Å²) in [7, 11) is -4.91. The lowest BCUT2D eigenvalue weighted by molar-refractivity contribution is 0.587. The van der Waals surface area contributed by atoms with E-state index < -0.39 is 14.3 Å². The van der Waals surface area contributed by atoms with Gasteiger partial charge in [0.05, 0.1) is 0 Å². The highest BCUT2D eigenvalue weighted by molar-refractivity contribution is 7.70. The lowest BCUT2D eigenvalue weighted by Crippen LogP contribution is -2.02. The summed E-state index contributed by atoms with van der Waals surface area (Å²) in [5.41, 5.74) is 8.93. The van der Waals surface area contributed by atoms with Crippen molar-refractivity contribution in [1.82, 2.24) is 0 Å². The Hall–Kier alpha value is -5.52. The van der Waals surface area contributed by atoms with Gasteiger partial charge < -0.3 is 9.13 Å². The Kier molecular flexibility index (Phi) is 8.31. The van der Waals surface area contributed by atoms with E-state index in [4.69, 9.17) is 0 Å². The molecule has 0 fully saturated rings. The average Bonchev–Trinajstić information content (AvgIpc) is 3.18. The number of fused-ring (bicyclic) bond motifs is 4. The first kappa shape index (κ1) is 34.3. The van der Waals surface area contributed by atoms with Crippen LogP contribution in [0.3, 0.4) is 0 Å². The van der Waals surface area contributed by atoms with E-state index in [1.807, 2.05) is 50.9 Å². The zero-order valence-corrected chi connectivity index (χ0v) is 32.7. The van der Waals surface area contributed by atoms with E-state index in [2.05, 4.69) is 146 Å². The van der Waals surface area contributed by atoms with E-state index >= 15 is 0 Å². The van der Waals surface area contributed by atoms with E-state index in [1.54, 1.807) is 0 Å². The topological polar surface area (TPSA) is 34.1 Å². The van der Waals surface area contributed by atoms with Gasteiger partial charge in [-0.15, -0.1) is 0 Å². The van der Waals surface area contributed by atoms with Crippen molar-refractivity contribution in [2.24, 2.45) is 0 Å². The molecule has 4 heteroatoms. The van der Waals surface area contributed by atoms with Crippen molar-refractivity contribution in [3.05, 3.63) is 170 Å². The van der Waals surface area contributed by atoms with Gasteiger partial charge in [0, 0.05) is 10.6 Å². The zero-order valence-electron chi connectivity index (χ0n) is 30.9. The molecule has 2 nitrogen and oxygen atoms in total. The highest BCUT2D eigenvalue weighted by atomic mass is 31.2. The second-order valence-corrected chi connectivity index (χ2v) is 21.6. The van der Waals surface area contributed by atoms with Crippen molar-refractivity contribution in [1.29, 1.82) is 0 Å². The molecule has 0 unspecified atom stereocenters. The van der Waals surface area contributed by atoms with E-state index in [9.17, 15) is 9.13 Å². The van der Waals surface area contributed by atoms with Gasteiger partial charge in [-0.1, -0.05) is 133 Å². The Balaban J connectivity index is 1.41. The maximum Gasteiger partial charge on any atom is 0.109 e. The Bertz CT molecular complexity index is 2850. The minimum Gasteiger partial charge on any atom is -0.319 e. The lowest BCUT2D eigenvalue weighted by Gasteiger charge is -2.20. The van der Waals surface area contributed by atoms with Crippen molar-refractivity contribution in [2.45, 2.75) is 0 Å². The first-order chi connectivity index (χ1) is 26.0. The van der Waals surface area contributed by atoms with Gasteiger partial charge in [-0.2, -0.15) is 0 Å². The summed E-state index contributed by atoms with van der Waals surface area (Å²) in [5.74, 6) is 0. The molecular weight excluding hydrogens is 694 g/mol. The third-order valence-electron chi connectivity index (χ3n) is 10.8. The smallest absolute Gasteiger partial charge is 0.109 e. The summed E-state index contributed by atoms with van der Waals surface area (Å²) in [6, 6.07) is 60.7. The molecule has 0 N–H and O–H groups in total. The van der Waals surface area contributed by atoms with Gasteiger partial charge in [0.2, 0.25) is 0 Å². The standard InChI is InChI=1S/C50H40O2P2/c1-53(2,51)43-17-9-15-37(29-43)39-23-25-45-47(31-39)49(41-21-19-33-11-5-7-13-35(33)27-41)46-26-24-40(38-16-10-18-44(30-38)54(3,4)52)32-48(46)50(45)42-22-20-34-12-6-8-14-36(34)28-42/h5-32H,1-4H3. The fourth-order valence-electron chi connectivity index (χ4n) is 7.94. The molecule has 9 rings (SSSR count). The van der Waals surface area contributed by atoms with Crippen LogP contribution in [0.2, 0.25) is 0 Å². The van der Waals surface area contributed by atoms with Crippen molar-refractivity contribution >= 4 is 68.0 Å². The van der Waals surface area contributed by atoms with Crippen molar-refractivity contribution in [3.63, 3.8) is 0 Å². The highest BCUT2D eigenvalue weighted by Crippen LogP contribution is 2.47. The van der Waals surface area contributed by atoms with Crippen LogP contribution in [0.15, 0.2) is 170 Å². The van der Waals surface area contributed by atoms with Crippen LogP contribution in [0.1, 0.15) is 0 Å². The van der Waals surface area contributed by atoms with Crippen LogP contribution < -0.4 is 10.6 Å². The fraction of sp³-hybridized carbons (Fsp3) is 0.0800. The number of hydrogen-bond donors (Lipinski definition) is 0. The lowest BCUT2D eigenvalue weighted by atomic mass is 9.83. The Morgan fingerprint density at radius 3 is 1.07 bits per heavy atom. The molecule has 0 radical (unpaired) electrons. The van der Waals surface area contributed by atoms with E-state index in [-0.39, 0.29) is 0 Å². The van der Waals surface area contributed by atoms with E-state index in [0.29, 0.717) is 0 Å². The fourth-order valence-corrected chi connectivity index (χ4v) is 9.73. The van der Waals surface area contributed by atoms with Crippen molar-refractivity contribution < 1.29 is 9.13 Å². The average molecular weight is 735 g/mol. The van der Waals surface area contributed by atoms with E-state index in [1.165, 1.54) is 32.7 Å². The van der Waals surface area contributed by atoms with Crippen LogP contribution in [-0.2, 0) is 9.13 Å². The summed E-state index contributed by atoms with van der Waals surface area (Å²) < 4.78 is 26.4. The molecule has 0 atom stereocenters. The molecule has 0 saturated heterocycles. The predicted octanol–water partition coefficient (Wildman–Crippen LogP) is 13.5. The molecular formula is C50H40O2P2. The molecule has 9 aromatic rings. The van der Waals surface area contributed by atoms with Crippen LogP contribution in [0.5, 0.6) is 0 Å². The second kappa shape index (κ2) is 13.1. The van der Waals surface area contributed by atoms with Gasteiger partial charge in [-0.25, -0.2) is 0 Å². The third-order valence-corrected chi connectivity index (χ3v) is 13.8. The number of benzene rings is 9. The van der Waals surface area contributed by atoms with E-state index in [0.717, 1.165) is 65.5 Å². The van der Waals surface area contributed by atoms with Crippen LogP contribution in [0.25, 0.3) is 87.6 Å². The molecule has 9 aromatic carbocycles. The minimum atomic E-state index is -2.45. The van der Waals surface area contributed by atoms with Crippen LogP contribution in [0.4, 0.5) is 0 Å². The summed E-state index contributed by atoms with van der Waals surface area (Å²) in [6.07, 6.45) is 0. The van der Waals surface area contributed by atoms with Gasteiger partial charge in [-0.05, 0) is 151 Å². The third kappa shape index (κ3) is 6.20. The Morgan fingerprint density at radius 2 is 0.667 bits per heavy atom. The molecule has 0 spiro atoms. The number of rotatable bonds is 6. The SMILES string of the molecule is CP(C)(=O)c1cccc(-c2ccc3c(-c4ccc5ccccc5c4)c4cc(-c5cccc(P(C)(C)=O)c5)ccc4c(-c4ccc5ccccc5c4)c3c2)c1. The Labute approximate surface area is 316 Å². The molecule has 0 heterocycles. The van der Waals surface area contributed by atoms with Crippen LogP contribution >= 0.6 is 14.3 Å². The van der Waals surface area contributed by atoms with Crippen LogP contribution in [-0.4, -0.2) is 26.7 Å². The Morgan fingerprint density at radius 1 is 0.296 bits per heavy atom. The molecule has 0 aliphatic carbocycles. The molecule has 0 aromatic heterocycles. The summed E-state index contributed by atoms with van der Waals surface area (Å²) in [4.78, 5) is 0. The highest BCUT2D eigenvalue weighted by Gasteiger charge is 2.20. The van der Waals surface area contributed by atoms with Crippen molar-refractivity contribution in [2.75, 3.05) is 26.7 Å². The van der Waals surface area contributed by atoms with Gasteiger partial charge in [0.25, 0.3) is 0 Å². The molecule has 0 bridgehead atoms. The van der Waals surface area contributed by atoms with Crippen LogP contribution in [0, 0.1) is 0 Å². The zero-order chi connectivity index (χ0) is 37.2. The monoisotopic (exact) mass is 734 g/mol. The first-order valence-corrected chi connectivity index (χ1v) is 23.6. The molecule has 0 aliphatic rings. The second-order valence-electron chi connectivity index (χ2n) is 15.2. The van der Waals surface area contributed by atoms with Gasteiger partial charge in [0.15, 0.2) is 0 Å². The maximum atomic E-state index is 13.2.